The van der Waals surface area contributed by atoms with Crippen LogP contribution < -0.4 is 10.6 Å². The van der Waals surface area contributed by atoms with E-state index >= 15 is 0 Å². The van der Waals surface area contributed by atoms with E-state index in [-0.39, 0.29) is 12.1 Å². The zero-order chi connectivity index (χ0) is 20.1. The van der Waals surface area contributed by atoms with Crippen molar-refractivity contribution >= 4 is 34.7 Å². The average molecular weight is 384 g/mol. The first kappa shape index (κ1) is 18.4. The quantitative estimate of drug-likeness (QED) is 0.466. The van der Waals surface area contributed by atoms with E-state index in [1.54, 1.807) is 6.33 Å². The van der Waals surface area contributed by atoms with Crippen molar-refractivity contribution in [3.8, 4) is 0 Å². The highest BCUT2D eigenvalue weighted by atomic mass is 16.2. The number of urea groups is 1. The lowest BCUT2D eigenvalue weighted by atomic mass is 10.0. The van der Waals surface area contributed by atoms with Gasteiger partial charge in [-0.15, -0.1) is 0 Å². The summed E-state index contributed by atoms with van der Waals surface area (Å²) >= 11 is 0. The molecule has 6 nitrogen and oxygen atoms in total. The van der Waals surface area contributed by atoms with Gasteiger partial charge in [-0.25, -0.2) is 9.78 Å². The maximum absolute atomic E-state index is 12.2. The molecule has 0 spiro atoms. The van der Waals surface area contributed by atoms with Crippen LogP contribution in [0.3, 0.4) is 0 Å². The van der Waals surface area contributed by atoms with Crippen LogP contribution >= 0.6 is 0 Å². The number of aldehydes is 1. The van der Waals surface area contributed by atoms with E-state index in [1.807, 2.05) is 83.4 Å². The summed E-state index contributed by atoms with van der Waals surface area (Å²) in [7, 11) is 0. The third kappa shape index (κ3) is 4.16. The van der Waals surface area contributed by atoms with Crippen LogP contribution in [-0.2, 0) is 4.79 Å². The number of anilines is 2. The second-order valence-electron chi connectivity index (χ2n) is 6.63. The Morgan fingerprint density at radius 3 is 2.34 bits per heavy atom. The van der Waals surface area contributed by atoms with E-state index in [0.29, 0.717) is 12.1 Å². The highest BCUT2D eigenvalue weighted by Gasteiger charge is 2.16. The summed E-state index contributed by atoms with van der Waals surface area (Å²) in [5, 5.41) is 5.61. The van der Waals surface area contributed by atoms with Crippen LogP contribution in [0.1, 0.15) is 18.0 Å². The Kier molecular flexibility index (Phi) is 5.33. The third-order valence-electron chi connectivity index (χ3n) is 4.70. The van der Waals surface area contributed by atoms with Crippen LogP contribution in [0, 0.1) is 0 Å². The lowest BCUT2D eigenvalue weighted by Gasteiger charge is -2.17. The number of nitrogens with one attached hydrogen (secondary N) is 2. The van der Waals surface area contributed by atoms with Gasteiger partial charge in [-0.1, -0.05) is 48.5 Å². The molecule has 4 rings (SSSR count). The van der Waals surface area contributed by atoms with Gasteiger partial charge >= 0.3 is 6.03 Å². The largest absolute Gasteiger partial charge is 0.323 e. The summed E-state index contributed by atoms with van der Waals surface area (Å²) < 4.78 is 1.99. The molecule has 6 heteroatoms. The summed E-state index contributed by atoms with van der Waals surface area (Å²) in [4.78, 5) is 27.9. The second kappa shape index (κ2) is 8.39. The molecular formula is C23H20N4O2. The van der Waals surface area contributed by atoms with Crippen molar-refractivity contribution in [1.29, 1.82) is 0 Å². The van der Waals surface area contributed by atoms with Crippen LogP contribution in [-0.4, -0.2) is 21.9 Å². The number of carbonyl (C=O) groups excluding carboxylic acids is 2. The molecule has 0 bridgehead atoms. The fourth-order valence-electron chi connectivity index (χ4n) is 3.35. The Hall–Kier alpha value is -3.93. The number of aromatic nitrogens is 2. The van der Waals surface area contributed by atoms with Gasteiger partial charge in [0, 0.05) is 17.8 Å². The Morgan fingerprint density at radius 1 is 0.931 bits per heavy atom. The van der Waals surface area contributed by atoms with Crippen molar-refractivity contribution in [3.63, 3.8) is 0 Å². The van der Waals surface area contributed by atoms with Gasteiger partial charge in [0.15, 0.2) is 0 Å². The Morgan fingerprint density at radius 2 is 1.62 bits per heavy atom. The zero-order valence-corrected chi connectivity index (χ0v) is 15.7. The average Bonchev–Trinajstić information content (AvgIpc) is 3.16. The first-order valence-electron chi connectivity index (χ1n) is 9.33. The van der Waals surface area contributed by atoms with Gasteiger partial charge in [0.25, 0.3) is 0 Å². The molecule has 0 radical (unpaired) electrons. The lowest BCUT2D eigenvalue weighted by molar-refractivity contribution is -0.108. The molecule has 1 atom stereocenters. The standard InChI is InChI=1S/C23H20N4O2/c28-14-13-21(17-7-3-1-4-8-17)27-16-24-20-15-19(11-12-22(20)27)26-23(29)25-18-9-5-2-6-10-18/h1-12,14-16,21H,13H2,(H2,25,26,29). The smallest absolute Gasteiger partial charge is 0.323 e. The number of amides is 2. The van der Waals surface area contributed by atoms with Crippen molar-refractivity contribution in [3.05, 3.63) is 90.8 Å². The van der Waals surface area contributed by atoms with E-state index in [4.69, 9.17) is 0 Å². The molecule has 144 valence electrons. The highest BCUT2D eigenvalue weighted by molar-refractivity contribution is 6.00. The van der Waals surface area contributed by atoms with Crippen molar-refractivity contribution in [1.82, 2.24) is 9.55 Å². The summed E-state index contributed by atoms with van der Waals surface area (Å²) in [6.45, 7) is 0. The fraction of sp³-hybridized carbons (Fsp3) is 0.0870. The molecule has 0 aliphatic carbocycles. The minimum Gasteiger partial charge on any atom is -0.323 e. The SMILES string of the molecule is O=CCC(c1ccccc1)n1cnc2cc(NC(=O)Nc3ccccc3)ccc21. The molecule has 1 heterocycles. The van der Waals surface area contributed by atoms with Gasteiger partial charge < -0.3 is 20.0 Å². The van der Waals surface area contributed by atoms with Crippen LogP contribution in [0.5, 0.6) is 0 Å². The Labute approximate surface area is 168 Å². The fourth-order valence-corrected chi connectivity index (χ4v) is 3.35. The molecule has 0 saturated carbocycles. The minimum absolute atomic E-state index is 0.126. The van der Waals surface area contributed by atoms with E-state index < -0.39 is 0 Å². The molecule has 0 aliphatic rings. The molecular weight excluding hydrogens is 364 g/mol. The number of hydrogen-bond donors (Lipinski definition) is 2. The molecule has 29 heavy (non-hydrogen) atoms. The number of rotatable bonds is 6. The van der Waals surface area contributed by atoms with Gasteiger partial charge in [0.2, 0.25) is 0 Å². The summed E-state index contributed by atoms with van der Waals surface area (Å²) in [6.07, 6.45) is 3.02. The van der Waals surface area contributed by atoms with Gasteiger partial charge in [0.1, 0.15) is 6.29 Å². The molecule has 3 aromatic carbocycles. The van der Waals surface area contributed by atoms with Crippen molar-refractivity contribution in [2.24, 2.45) is 0 Å². The van der Waals surface area contributed by atoms with E-state index in [9.17, 15) is 9.59 Å². The molecule has 1 unspecified atom stereocenters. The highest BCUT2D eigenvalue weighted by Crippen LogP contribution is 2.27. The molecule has 0 saturated heterocycles. The maximum Gasteiger partial charge on any atom is 0.323 e. The first-order valence-corrected chi connectivity index (χ1v) is 9.33. The predicted octanol–water partition coefficient (Wildman–Crippen LogP) is 4.86. The van der Waals surface area contributed by atoms with Crippen LogP contribution in [0.25, 0.3) is 11.0 Å². The first-order chi connectivity index (χ1) is 14.2. The molecule has 4 aromatic rings. The van der Waals surface area contributed by atoms with Crippen LogP contribution in [0.15, 0.2) is 85.2 Å². The molecule has 0 aliphatic heterocycles. The molecule has 2 N–H and O–H groups in total. The number of para-hydroxylation sites is 1. The molecule has 1 aromatic heterocycles. The van der Waals surface area contributed by atoms with Gasteiger partial charge in [-0.3, -0.25) is 0 Å². The van der Waals surface area contributed by atoms with Crippen LogP contribution in [0.4, 0.5) is 16.2 Å². The zero-order valence-electron chi connectivity index (χ0n) is 15.7. The third-order valence-corrected chi connectivity index (χ3v) is 4.70. The number of fused-ring (bicyclic) bond motifs is 1. The summed E-state index contributed by atoms with van der Waals surface area (Å²) in [5.41, 5.74) is 4.05. The number of nitrogens with zero attached hydrogens (tertiary/aromatic N) is 2. The topological polar surface area (TPSA) is 76.0 Å². The number of carbonyl (C=O) groups is 2. The number of hydrogen-bond acceptors (Lipinski definition) is 3. The van der Waals surface area contributed by atoms with Crippen molar-refractivity contribution in [2.45, 2.75) is 12.5 Å². The van der Waals surface area contributed by atoms with E-state index in [1.165, 1.54) is 0 Å². The summed E-state index contributed by atoms with van der Waals surface area (Å²) in [5.74, 6) is 0. The van der Waals surface area contributed by atoms with E-state index in [2.05, 4.69) is 15.6 Å². The van der Waals surface area contributed by atoms with Crippen molar-refractivity contribution in [2.75, 3.05) is 10.6 Å². The molecule has 2 amide bonds. The van der Waals surface area contributed by atoms with Crippen molar-refractivity contribution < 1.29 is 9.59 Å². The number of imidazole rings is 1. The Bertz CT molecular complexity index is 1120. The summed E-state index contributed by atoms with van der Waals surface area (Å²) in [6, 6.07) is 24.2. The normalized spacial score (nSPS) is 11.7. The van der Waals surface area contributed by atoms with Gasteiger partial charge in [-0.05, 0) is 35.9 Å². The van der Waals surface area contributed by atoms with E-state index in [0.717, 1.165) is 28.6 Å². The lowest BCUT2D eigenvalue weighted by Crippen LogP contribution is -2.19. The predicted molar refractivity (Wildman–Crippen MR) is 114 cm³/mol. The second-order valence-corrected chi connectivity index (χ2v) is 6.63. The monoisotopic (exact) mass is 384 g/mol. The van der Waals surface area contributed by atoms with Gasteiger partial charge in [0.05, 0.1) is 23.4 Å². The van der Waals surface area contributed by atoms with Gasteiger partial charge in [-0.2, -0.15) is 0 Å². The maximum atomic E-state index is 12.2. The van der Waals surface area contributed by atoms with Crippen LogP contribution in [0.2, 0.25) is 0 Å². The number of benzene rings is 3. The minimum atomic E-state index is -0.321. The Balaban J connectivity index is 1.57. The molecule has 0 fully saturated rings.